The van der Waals surface area contributed by atoms with Gasteiger partial charge in [0.05, 0.1) is 5.75 Å². The van der Waals surface area contributed by atoms with Crippen molar-refractivity contribution in [3.05, 3.63) is 5.82 Å². The second-order valence-corrected chi connectivity index (χ2v) is 5.16. The highest BCUT2D eigenvalue weighted by Crippen LogP contribution is 2.13. The molecule has 0 atom stereocenters. The molecule has 0 aromatic carbocycles. The minimum atomic E-state index is 0.111. The number of H-pyrrole nitrogens is 1. The molecule has 18 heavy (non-hydrogen) atoms. The number of hydrogen-bond acceptors (Lipinski definition) is 4. The summed E-state index contributed by atoms with van der Waals surface area (Å²) in [5, 5.41) is 7.70. The van der Waals surface area contributed by atoms with E-state index in [4.69, 9.17) is 0 Å². The Hall–Kier alpha value is -1.04. The van der Waals surface area contributed by atoms with E-state index >= 15 is 0 Å². The van der Waals surface area contributed by atoms with E-state index in [2.05, 4.69) is 22.1 Å². The first-order chi connectivity index (χ1) is 8.67. The van der Waals surface area contributed by atoms with Gasteiger partial charge in [0.1, 0.15) is 5.82 Å². The zero-order valence-electron chi connectivity index (χ0n) is 11.4. The second kappa shape index (κ2) is 8.13. The van der Waals surface area contributed by atoms with Gasteiger partial charge >= 0.3 is 0 Å². The van der Waals surface area contributed by atoms with Crippen LogP contribution in [0.3, 0.4) is 0 Å². The molecule has 1 rings (SSSR count). The Labute approximate surface area is 113 Å². The summed E-state index contributed by atoms with van der Waals surface area (Å²) in [5.74, 6) is 1.43. The summed E-state index contributed by atoms with van der Waals surface area (Å²) in [4.78, 5) is 17.7. The number of carbonyl (C=O) groups excluding carboxylic acids is 1. The monoisotopic (exact) mass is 270 g/mol. The van der Waals surface area contributed by atoms with Gasteiger partial charge in [-0.05, 0) is 13.3 Å². The first kappa shape index (κ1) is 15.0. The molecule has 102 valence electrons. The maximum Gasteiger partial charge on any atom is 0.232 e. The molecule has 0 fully saturated rings. The van der Waals surface area contributed by atoms with E-state index in [1.807, 2.05) is 6.92 Å². The Morgan fingerprint density at radius 2 is 2.17 bits per heavy atom. The minimum Gasteiger partial charge on any atom is -0.345 e. The molecule has 1 aromatic heterocycles. The van der Waals surface area contributed by atoms with E-state index in [0.29, 0.717) is 10.9 Å². The van der Waals surface area contributed by atoms with Crippen LogP contribution in [-0.2, 0) is 11.2 Å². The van der Waals surface area contributed by atoms with Crippen LogP contribution in [0.2, 0.25) is 0 Å². The first-order valence-electron chi connectivity index (χ1n) is 6.45. The van der Waals surface area contributed by atoms with Crippen LogP contribution < -0.4 is 0 Å². The van der Waals surface area contributed by atoms with Crippen LogP contribution in [0, 0.1) is 0 Å². The summed E-state index contributed by atoms with van der Waals surface area (Å²) >= 11 is 1.39. The molecule has 0 radical (unpaired) electrons. The Bertz CT molecular complexity index is 367. The third kappa shape index (κ3) is 5.08. The Morgan fingerprint density at radius 1 is 1.39 bits per heavy atom. The van der Waals surface area contributed by atoms with Gasteiger partial charge in [0.15, 0.2) is 0 Å². The summed E-state index contributed by atoms with van der Waals surface area (Å²) in [6.07, 6.45) is 4.48. The summed E-state index contributed by atoms with van der Waals surface area (Å²) < 4.78 is 0. The van der Waals surface area contributed by atoms with Gasteiger partial charge in [-0.2, -0.15) is 0 Å². The number of hydrogen-bond donors (Lipinski definition) is 1. The Morgan fingerprint density at radius 3 is 2.83 bits per heavy atom. The molecular weight excluding hydrogens is 248 g/mol. The van der Waals surface area contributed by atoms with Gasteiger partial charge < -0.3 is 4.90 Å². The number of amides is 1. The van der Waals surface area contributed by atoms with Gasteiger partial charge in [0, 0.05) is 20.0 Å². The molecule has 0 aliphatic heterocycles. The summed E-state index contributed by atoms with van der Waals surface area (Å²) in [7, 11) is 1.80. The number of nitrogens with one attached hydrogen (secondary N) is 1. The lowest BCUT2D eigenvalue weighted by Crippen LogP contribution is -2.27. The fourth-order valence-corrected chi connectivity index (χ4v) is 2.17. The van der Waals surface area contributed by atoms with Gasteiger partial charge in [-0.1, -0.05) is 31.5 Å². The molecule has 1 aromatic rings. The lowest BCUT2D eigenvalue weighted by molar-refractivity contribution is -0.126. The lowest BCUT2D eigenvalue weighted by atomic mass is 10.2. The lowest BCUT2D eigenvalue weighted by Gasteiger charge is -2.12. The predicted molar refractivity (Wildman–Crippen MR) is 73.6 cm³/mol. The Balaban J connectivity index is 2.33. The molecule has 0 unspecified atom stereocenters. The van der Waals surface area contributed by atoms with Crippen molar-refractivity contribution >= 4 is 17.7 Å². The molecule has 0 aliphatic carbocycles. The van der Waals surface area contributed by atoms with E-state index in [1.165, 1.54) is 24.6 Å². The molecule has 0 aliphatic rings. The van der Waals surface area contributed by atoms with Crippen LogP contribution in [0.4, 0.5) is 0 Å². The van der Waals surface area contributed by atoms with Crippen LogP contribution in [-0.4, -0.2) is 45.3 Å². The van der Waals surface area contributed by atoms with E-state index in [-0.39, 0.29) is 5.91 Å². The third-order valence-corrected chi connectivity index (χ3v) is 3.59. The number of rotatable bonds is 8. The van der Waals surface area contributed by atoms with Gasteiger partial charge in [-0.3, -0.25) is 9.89 Å². The summed E-state index contributed by atoms with van der Waals surface area (Å²) in [6, 6.07) is 0. The number of unbranched alkanes of at least 4 members (excludes halogenated alkanes) is 2. The number of aromatic amines is 1. The topological polar surface area (TPSA) is 61.9 Å². The molecule has 1 amide bonds. The standard InChI is InChI=1S/C12H22N4OS/c1-4-6-7-8-10-13-12(15-14-10)18-9-11(17)16(3)5-2/h4-9H2,1-3H3,(H,13,14,15). The highest BCUT2D eigenvalue weighted by Gasteiger charge is 2.10. The van der Waals surface area contributed by atoms with Crippen LogP contribution in [0.5, 0.6) is 0 Å². The van der Waals surface area contributed by atoms with Gasteiger partial charge in [-0.15, -0.1) is 5.10 Å². The molecule has 6 heteroatoms. The molecule has 1 heterocycles. The maximum absolute atomic E-state index is 11.6. The number of carbonyl (C=O) groups is 1. The number of nitrogens with zero attached hydrogens (tertiary/aromatic N) is 3. The van der Waals surface area contributed by atoms with Crippen molar-refractivity contribution < 1.29 is 4.79 Å². The van der Waals surface area contributed by atoms with Crippen LogP contribution in [0.25, 0.3) is 0 Å². The predicted octanol–water partition coefficient (Wildman–Crippen LogP) is 2.11. The smallest absolute Gasteiger partial charge is 0.232 e. The van der Waals surface area contributed by atoms with Crippen molar-refractivity contribution in [1.82, 2.24) is 20.1 Å². The maximum atomic E-state index is 11.6. The average Bonchev–Trinajstić information content (AvgIpc) is 2.83. The quantitative estimate of drug-likeness (QED) is 0.580. The fourth-order valence-electron chi connectivity index (χ4n) is 1.41. The van der Waals surface area contributed by atoms with Crippen molar-refractivity contribution in [2.45, 2.75) is 44.7 Å². The average molecular weight is 270 g/mol. The second-order valence-electron chi connectivity index (χ2n) is 4.22. The molecule has 0 saturated heterocycles. The number of thioether (sulfide) groups is 1. The van der Waals surface area contributed by atoms with Crippen molar-refractivity contribution in [3.63, 3.8) is 0 Å². The van der Waals surface area contributed by atoms with Crippen LogP contribution in [0.15, 0.2) is 5.16 Å². The van der Waals surface area contributed by atoms with Gasteiger partial charge in [0.25, 0.3) is 0 Å². The van der Waals surface area contributed by atoms with Crippen molar-refractivity contribution in [2.24, 2.45) is 0 Å². The molecule has 5 nitrogen and oxygen atoms in total. The summed E-state index contributed by atoms with van der Waals surface area (Å²) in [5.41, 5.74) is 0. The van der Waals surface area contributed by atoms with Crippen LogP contribution in [0.1, 0.15) is 38.9 Å². The highest BCUT2D eigenvalue weighted by atomic mass is 32.2. The fraction of sp³-hybridized carbons (Fsp3) is 0.750. The van der Waals surface area contributed by atoms with E-state index < -0.39 is 0 Å². The normalized spacial score (nSPS) is 10.6. The van der Waals surface area contributed by atoms with Crippen molar-refractivity contribution in [2.75, 3.05) is 19.3 Å². The molecular formula is C12H22N4OS. The molecule has 0 spiro atoms. The van der Waals surface area contributed by atoms with Crippen molar-refractivity contribution in [1.29, 1.82) is 0 Å². The highest BCUT2D eigenvalue weighted by molar-refractivity contribution is 7.99. The van der Waals surface area contributed by atoms with Crippen molar-refractivity contribution in [3.8, 4) is 0 Å². The SMILES string of the molecule is CCCCCc1nc(SCC(=O)N(C)CC)n[nH]1. The largest absolute Gasteiger partial charge is 0.345 e. The molecule has 1 N–H and O–H groups in total. The van der Waals surface area contributed by atoms with E-state index in [0.717, 1.165) is 25.2 Å². The van der Waals surface area contributed by atoms with Crippen LogP contribution >= 0.6 is 11.8 Å². The van der Waals surface area contributed by atoms with Gasteiger partial charge in [0.2, 0.25) is 11.1 Å². The molecule has 0 bridgehead atoms. The summed E-state index contributed by atoms with van der Waals surface area (Å²) in [6.45, 7) is 4.87. The zero-order chi connectivity index (χ0) is 13.4. The number of aromatic nitrogens is 3. The van der Waals surface area contributed by atoms with Gasteiger partial charge in [-0.25, -0.2) is 4.98 Å². The Kier molecular flexibility index (Phi) is 6.78. The first-order valence-corrected chi connectivity index (χ1v) is 7.44. The van der Waals surface area contributed by atoms with E-state index in [1.54, 1.807) is 11.9 Å². The zero-order valence-corrected chi connectivity index (χ0v) is 12.2. The number of aryl methyl sites for hydroxylation is 1. The minimum absolute atomic E-state index is 0.111. The molecule has 0 saturated carbocycles. The third-order valence-electron chi connectivity index (χ3n) is 2.75. The van der Waals surface area contributed by atoms with E-state index in [9.17, 15) is 4.79 Å².